The SMILES string of the molecule is CC(C)CC(N)C(=O)NCC(=O)N1CCCC1C(=O)NC(CC(C)C)C(=O)O. The van der Waals surface area contributed by atoms with Crippen LogP contribution < -0.4 is 16.4 Å². The van der Waals surface area contributed by atoms with Gasteiger partial charge >= 0.3 is 5.97 Å². The second-order valence-corrected chi connectivity index (χ2v) is 8.23. The molecule has 3 amide bonds. The van der Waals surface area contributed by atoms with Crippen LogP contribution in [0, 0.1) is 11.8 Å². The van der Waals surface area contributed by atoms with E-state index in [-0.39, 0.29) is 24.3 Å². The minimum Gasteiger partial charge on any atom is -0.480 e. The van der Waals surface area contributed by atoms with E-state index in [0.717, 1.165) is 0 Å². The molecule has 1 fully saturated rings. The maximum Gasteiger partial charge on any atom is 0.326 e. The van der Waals surface area contributed by atoms with E-state index in [1.807, 2.05) is 27.7 Å². The first-order valence-corrected chi connectivity index (χ1v) is 9.88. The van der Waals surface area contributed by atoms with Gasteiger partial charge in [-0.25, -0.2) is 4.79 Å². The lowest BCUT2D eigenvalue weighted by Crippen LogP contribution is -2.53. The molecule has 0 radical (unpaired) electrons. The number of amides is 3. The summed E-state index contributed by atoms with van der Waals surface area (Å²) in [4.78, 5) is 49.8. The van der Waals surface area contributed by atoms with Crippen molar-refractivity contribution in [1.29, 1.82) is 0 Å². The predicted molar refractivity (Wildman–Crippen MR) is 104 cm³/mol. The molecule has 1 heterocycles. The van der Waals surface area contributed by atoms with Crippen LogP contribution in [-0.4, -0.2) is 64.9 Å². The van der Waals surface area contributed by atoms with Gasteiger partial charge < -0.3 is 26.4 Å². The molecule has 1 saturated heterocycles. The van der Waals surface area contributed by atoms with Gasteiger partial charge in [0.2, 0.25) is 17.7 Å². The number of carboxylic acid groups (broad SMARTS) is 1. The molecule has 9 heteroatoms. The van der Waals surface area contributed by atoms with Crippen LogP contribution in [0.25, 0.3) is 0 Å². The Hall–Kier alpha value is -2.16. The predicted octanol–water partition coefficient (Wildman–Crippen LogP) is 0.0825. The molecule has 3 atom stereocenters. The summed E-state index contributed by atoms with van der Waals surface area (Å²) in [5, 5.41) is 14.4. The summed E-state index contributed by atoms with van der Waals surface area (Å²) in [6.07, 6.45) is 1.94. The van der Waals surface area contributed by atoms with Gasteiger partial charge in [-0.2, -0.15) is 0 Å². The Morgan fingerprint density at radius 2 is 1.71 bits per heavy atom. The van der Waals surface area contributed by atoms with Gasteiger partial charge in [-0.15, -0.1) is 0 Å². The van der Waals surface area contributed by atoms with Crippen molar-refractivity contribution in [2.45, 2.75) is 71.5 Å². The second kappa shape index (κ2) is 11.0. The third kappa shape index (κ3) is 7.46. The fraction of sp³-hybridized carbons (Fsp3) is 0.789. The highest BCUT2D eigenvalue weighted by atomic mass is 16.4. The van der Waals surface area contributed by atoms with E-state index in [1.165, 1.54) is 4.90 Å². The van der Waals surface area contributed by atoms with Crippen molar-refractivity contribution < 1.29 is 24.3 Å². The second-order valence-electron chi connectivity index (χ2n) is 8.23. The molecule has 160 valence electrons. The molecule has 1 rings (SSSR count). The van der Waals surface area contributed by atoms with E-state index in [2.05, 4.69) is 10.6 Å². The normalized spacial score (nSPS) is 18.8. The average Bonchev–Trinajstić information content (AvgIpc) is 3.07. The summed E-state index contributed by atoms with van der Waals surface area (Å²) in [6, 6.07) is -2.39. The van der Waals surface area contributed by atoms with Gasteiger partial charge in [0.05, 0.1) is 12.6 Å². The molecule has 1 aliphatic heterocycles. The summed E-state index contributed by atoms with van der Waals surface area (Å²) in [6.45, 7) is 7.82. The van der Waals surface area contributed by atoms with Crippen LogP contribution in [0.3, 0.4) is 0 Å². The Labute approximate surface area is 166 Å². The van der Waals surface area contributed by atoms with E-state index in [9.17, 15) is 24.3 Å². The van der Waals surface area contributed by atoms with Crippen molar-refractivity contribution in [2.24, 2.45) is 17.6 Å². The van der Waals surface area contributed by atoms with Crippen LogP contribution in [0.15, 0.2) is 0 Å². The number of carboxylic acids is 1. The number of hydrogen-bond acceptors (Lipinski definition) is 5. The summed E-state index contributed by atoms with van der Waals surface area (Å²) in [5.41, 5.74) is 5.80. The highest BCUT2D eigenvalue weighted by Gasteiger charge is 2.36. The molecular formula is C19H34N4O5. The van der Waals surface area contributed by atoms with Crippen molar-refractivity contribution in [3.63, 3.8) is 0 Å². The first-order valence-electron chi connectivity index (χ1n) is 9.88. The van der Waals surface area contributed by atoms with E-state index < -0.39 is 35.9 Å². The molecule has 5 N–H and O–H groups in total. The quantitative estimate of drug-likeness (QED) is 0.411. The Morgan fingerprint density at radius 3 is 2.25 bits per heavy atom. The lowest BCUT2D eigenvalue weighted by atomic mass is 10.0. The molecule has 0 aromatic heterocycles. The van der Waals surface area contributed by atoms with E-state index in [4.69, 9.17) is 5.73 Å². The standard InChI is InChI=1S/C19H34N4O5/c1-11(2)8-13(20)17(25)21-10-16(24)23-7-5-6-15(23)18(26)22-14(19(27)28)9-12(3)4/h11-15H,5-10,20H2,1-4H3,(H,21,25)(H,22,26)(H,27,28). The maximum atomic E-state index is 12.5. The number of nitrogens with zero attached hydrogens (tertiary/aromatic N) is 1. The van der Waals surface area contributed by atoms with Gasteiger partial charge in [-0.3, -0.25) is 14.4 Å². The molecule has 0 aliphatic carbocycles. The molecule has 0 bridgehead atoms. The summed E-state index contributed by atoms with van der Waals surface area (Å²) in [5.74, 6) is -1.97. The number of nitrogens with one attached hydrogen (secondary N) is 2. The van der Waals surface area contributed by atoms with Crippen LogP contribution in [0.4, 0.5) is 0 Å². The van der Waals surface area contributed by atoms with Gasteiger partial charge in [0.25, 0.3) is 0 Å². The number of nitrogens with two attached hydrogens (primary N) is 1. The minimum atomic E-state index is -1.09. The molecule has 0 aromatic carbocycles. The van der Waals surface area contributed by atoms with Crippen LogP contribution in [0.1, 0.15) is 53.4 Å². The Balaban J connectivity index is 2.62. The lowest BCUT2D eigenvalue weighted by Gasteiger charge is -2.26. The Bertz CT molecular complexity index is 579. The highest BCUT2D eigenvalue weighted by Crippen LogP contribution is 2.18. The molecule has 1 aliphatic rings. The van der Waals surface area contributed by atoms with Crippen LogP contribution in [-0.2, 0) is 19.2 Å². The largest absolute Gasteiger partial charge is 0.480 e. The smallest absolute Gasteiger partial charge is 0.326 e. The average molecular weight is 399 g/mol. The van der Waals surface area contributed by atoms with E-state index in [1.54, 1.807) is 0 Å². The van der Waals surface area contributed by atoms with E-state index in [0.29, 0.717) is 32.2 Å². The fourth-order valence-electron chi connectivity index (χ4n) is 3.31. The molecular weight excluding hydrogens is 364 g/mol. The lowest BCUT2D eigenvalue weighted by molar-refractivity contribution is -0.144. The first-order chi connectivity index (χ1) is 13.0. The molecule has 9 nitrogen and oxygen atoms in total. The maximum absolute atomic E-state index is 12.5. The van der Waals surface area contributed by atoms with Crippen molar-refractivity contribution >= 4 is 23.7 Å². The van der Waals surface area contributed by atoms with Crippen molar-refractivity contribution in [2.75, 3.05) is 13.1 Å². The van der Waals surface area contributed by atoms with Crippen LogP contribution in [0.2, 0.25) is 0 Å². The van der Waals surface area contributed by atoms with E-state index >= 15 is 0 Å². The summed E-state index contributed by atoms with van der Waals surface area (Å²) >= 11 is 0. The number of aliphatic carboxylic acids is 1. The first kappa shape index (κ1) is 23.9. The van der Waals surface area contributed by atoms with Crippen LogP contribution in [0.5, 0.6) is 0 Å². The van der Waals surface area contributed by atoms with Gasteiger partial charge in [0.1, 0.15) is 12.1 Å². The van der Waals surface area contributed by atoms with Crippen LogP contribution >= 0.6 is 0 Å². The fourth-order valence-corrected chi connectivity index (χ4v) is 3.31. The topological polar surface area (TPSA) is 142 Å². The van der Waals surface area contributed by atoms with Gasteiger partial charge in [-0.1, -0.05) is 27.7 Å². The highest BCUT2D eigenvalue weighted by molar-refractivity contribution is 5.92. The minimum absolute atomic E-state index is 0.105. The number of likely N-dealkylation sites (tertiary alicyclic amines) is 1. The zero-order chi connectivity index (χ0) is 21.4. The summed E-state index contributed by atoms with van der Waals surface area (Å²) in [7, 11) is 0. The molecule has 0 spiro atoms. The molecule has 0 saturated carbocycles. The van der Waals surface area contributed by atoms with Gasteiger partial charge in [0, 0.05) is 6.54 Å². The van der Waals surface area contributed by atoms with Crippen molar-refractivity contribution in [3.8, 4) is 0 Å². The number of rotatable bonds is 10. The third-order valence-electron chi connectivity index (χ3n) is 4.67. The molecule has 28 heavy (non-hydrogen) atoms. The molecule has 3 unspecified atom stereocenters. The number of carbonyl (C=O) groups is 4. The zero-order valence-corrected chi connectivity index (χ0v) is 17.2. The number of carbonyl (C=O) groups excluding carboxylic acids is 3. The zero-order valence-electron chi connectivity index (χ0n) is 17.2. The monoisotopic (exact) mass is 398 g/mol. The van der Waals surface area contributed by atoms with Crippen molar-refractivity contribution in [1.82, 2.24) is 15.5 Å². The Kier molecular flexibility index (Phi) is 9.37. The molecule has 0 aromatic rings. The summed E-state index contributed by atoms with van der Waals surface area (Å²) < 4.78 is 0. The third-order valence-corrected chi connectivity index (χ3v) is 4.67. The number of hydrogen-bond donors (Lipinski definition) is 4. The van der Waals surface area contributed by atoms with Gasteiger partial charge in [0.15, 0.2) is 0 Å². The van der Waals surface area contributed by atoms with Crippen molar-refractivity contribution in [3.05, 3.63) is 0 Å². The Morgan fingerprint density at radius 1 is 1.11 bits per heavy atom. The van der Waals surface area contributed by atoms with Gasteiger partial charge in [-0.05, 0) is 37.5 Å².